The van der Waals surface area contributed by atoms with Crippen LogP contribution >= 0.6 is 12.2 Å². The highest BCUT2D eigenvalue weighted by atomic mass is 32.1. The van der Waals surface area contributed by atoms with E-state index in [4.69, 9.17) is 12.2 Å². The van der Waals surface area contributed by atoms with E-state index in [1.54, 1.807) is 0 Å². The fourth-order valence-corrected chi connectivity index (χ4v) is 3.77. The fraction of sp³-hybridized carbons (Fsp3) is 0.263. The number of halogens is 1. The summed E-state index contributed by atoms with van der Waals surface area (Å²) in [4.78, 5) is 20.7. The number of para-hydroxylation sites is 1. The number of nitrogens with zero attached hydrogens (tertiary/aromatic N) is 1. The molecule has 1 aliphatic heterocycles. The van der Waals surface area contributed by atoms with Gasteiger partial charge in [0.15, 0.2) is 4.77 Å². The molecule has 3 aromatic rings. The van der Waals surface area contributed by atoms with E-state index < -0.39 is 5.82 Å². The maximum Gasteiger partial charge on any atom is 0.253 e. The van der Waals surface area contributed by atoms with Crippen molar-refractivity contribution in [2.45, 2.75) is 19.4 Å². The van der Waals surface area contributed by atoms with Crippen LogP contribution in [0.1, 0.15) is 22.8 Å². The molecule has 7 heteroatoms. The molecule has 4 rings (SSSR count). The number of H-pyrrole nitrogens is 2. The molecule has 1 amide bonds. The first-order valence-corrected chi connectivity index (χ1v) is 8.98. The third kappa shape index (κ3) is 2.99. The third-order valence-corrected chi connectivity index (χ3v) is 5.05. The molecule has 0 aliphatic carbocycles. The minimum absolute atomic E-state index is 0.136. The van der Waals surface area contributed by atoms with Gasteiger partial charge in [0.05, 0.1) is 16.6 Å². The van der Waals surface area contributed by atoms with Crippen molar-refractivity contribution >= 4 is 34.8 Å². The van der Waals surface area contributed by atoms with Crippen molar-refractivity contribution < 1.29 is 9.18 Å². The van der Waals surface area contributed by atoms with E-state index >= 15 is 0 Å². The molecule has 0 saturated carbocycles. The number of hydrogen-bond donors (Lipinski definition) is 3. The van der Waals surface area contributed by atoms with Gasteiger partial charge in [-0.1, -0.05) is 18.2 Å². The lowest BCUT2D eigenvalue weighted by molar-refractivity contribution is 0.0952. The minimum Gasteiger partial charge on any atom is -0.366 e. The van der Waals surface area contributed by atoms with Crippen LogP contribution in [0.15, 0.2) is 36.4 Å². The summed E-state index contributed by atoms with van der Waals surface area (Å²) < 4.78 is 14.2. The Morgan fingerprint density at radius 1 is 1.35 bits per heavy atom. The van der Waals surface area contributed by atoms with E-state index in [1.165, 1.54) is 23.4 Å². The highest BCUT2D eigenvalue weighted by Gasteiger charge is 2.23. The molecular formula is C19H19FN4OS. The molecule has 0 saturated heterocycles. The van der Waals surface area contributed by atoms with Crippen LogP contribution in [0, 0.1) is 10.6 Å². The van der Waals surface area contributed by atoms with Crippen LogP contribution in [0.2, 0.25) is 0 Å². The first-order chi connectivity index (χ1) is 12.5. The largest absolute Gasteiger partial charge is 0.366 e. The average molecular weight is 370 g/mol. The van der Waals surface area contributed by atoms with Gasteiger partial charge in [-0.2, -0.15) is 0 Å². The van der Waals surface area contributed by atoms with E-state index in [2.05, 4.69) is 39.2 Å². The number of fused-ring (bicyclic) bond motifs is 2. The van der Waals surface area contributed by atoms with Crippen molar-refractivity contribution in [2.75, 3.05) is 18.0 Å². The van der Waals surface area contributed by atoms with Gasteiger partial charge in [0.1, 0.15) is 5.82 Å². The molecule has 26 heavy (non-hydrogen) atoms. The van der Waals surface area contributed by atoms with Crippen molar-refractivity contribution in [3.63, 3.8) is 0 Å². The second-order valence-corrected chi connectivity index (χ2v) is 6.99. The Bertz CT molecular complexity index is 1040. The Labute approximate surface area is 155 Å². The van der Waals surface area contributed by atoms with E-state index in [9.17, 15) is 9.18 Å². The topological polar surface area (TPSA) is 63.9 Å². The molecule has 1 aromatic heterocycles. The zero-order valence-electron chi connectivity index (χ0n) is 14.3. The summed E-state index contributed by atoms with van der Waals surface area (Å²) in [5.41, 5.74) is 3.81. The van der Waals surface area contributed by atoms with Gasteiger partial charge in [-0.05, 0) is 49.3 Å². The molecule has 1 atom stereocenters. The number of aromatic amines is 2. The van der Waals surface area contributed by atoms with Crippen LogP contribution in [-0.4, -0.2) is 35.0 Å². The van der Waals surface area contributed by atoms with Crippen LogP contribution in [0.4, 0.5) is 10.1 Å². The highest BCUT2D eigenvalue weighted by Crippen LogP contribution is 2.29. The Morgan fingerprint density at radius 2 is 2.15 bits per heavy atom. The van der Waals surface area contributed by atoms with Crippen LogP contribution in [0.3, 0.4) is 0 Å². The van der Waals surface area contributed by atoms with Gasteiger partial charge in [-0.15, -0.1) is 0 Å². The number of anilines is 1. The molecular weight excluding hydrogens is 351 g/mol. The molecule has 2 heterocycles. The number of hydrogen-bond acceptors (Lipinski definition) is 3. The number of carbonyl (C=O) groups excluding carboxylic acids is 1. The molecule has 0 fully saturated rings. The van der Waals surface area contributed by atoms with Crippen LogP contribution in [0.5, 0.6) is 0 Å². The molecule has 5 nitrogen and oxygen atoms in total. The molecule has 134 valence electrons. The molecule has 1 aliphatic rings. The summed E-state index contributed by atoms with van der Waals surface area (Å²) in [6, 6.07) is 11.0. The predicted octanol–water partition coefficient (Wildman–Crippen LogP) is 3.55. The number of amides is 1. The fourth-order valence-electron chi connectivity index (χ4n) is 3.55. The summed E-state index contributed by atoms with van der Waals surface area (Å²) in [6.07, 6.45) is 1.01. The normalized spacial score (nSPS) is 14.5. The van der Waals surface area contributed by atoms with Crippen molar-refractivity contribution in [3.05, 3.63) is 58.1 Å². The van der Waals surface area contributed by atoms with E-state index in [1.807, 2.05) is 12.1 Å². The predicted molar refractivity (Wildman–Crippen MR) is 103 cm³/mol. The minimum atomic E-state index is -0.477. The SMILES string of the molecule is C[C@H](CNC(=O)c1cc(F)cc2[nH]c(=S)[nH]c12)N1CCc2ccccc21. The Balaban J connectivity index is 1.50. The Morgan fingerprint density at radius 3 is 3.00 bits per heavy atom. The van der Waals surface area contributed by atoms with Gasteiger partial charge in [-0.3, -0.25) is 4.79 Å². The molecule has 0 radical (unpaired) electrons. The lowest BCUT2D eigenvalue weighted by Crippen LogP contribution is -2.41. The van der Waals surface area contributed by atoms with Crippen molar-refractivity contribution in [2.24, 2.45) is 0 Å². The quantitative estimate of drug-likeness (QED) is 0.616. The lowest BCUT2D eigenvalue weighted by Gasteiger charge is -2.27. The number of aromatic nitrogens is 2. The standard InChI is InChI=1S/C19H19FN4OS/c1-11(24-7-6-12-4-2-3-5-16(12)24)10-21-18(25)14-8-13(20)9-15-17(14)23-19(26)22-15/h2-5,8-9,11H,6-7,10H2,1H3,(H,21,25)(H2,22,23,26)/t11-/m1/s1. The second-order valence-electron chi connectivity index (χ2n) is 6.59. The van der Waals surface area contributed by atoms with Gasteiger partial charge in [0, 0.05) is 24.8 Å². The lowest BCUT2D eigenvalue weighted by atomic mass is 10.1. The van der Waals surface area contributed by atoms with Gasteiger partial charge in [0.25, 0.3) is 5.91 Å². The summed E-state index contributed by atoms with van der Waals surface area (Å²) in [6.45, 7) is 3.48. The van der Waals surface area contributed by atoms with Gasteiger partial charge in [-0.25, -0.2) is 4.39 Å². The number of imidazole rings is 1. The Hall–Kier alpha value is -2.67. The number of carbonyl (C=O) groups is 1. The smallest absolute Gasteiger partial charge is 0.253 e. The maximum atomic E-state index is 13.8. The summed E-state index contributed by atoms with van der Waals surface area (Å²) in [5, 5.41) is 2.92. The maximum absolute atomic E-state index is 13.8. The number of benzene rings is 2. The highest BCUT2D eigenvalue weighted by molar-refractivity contribution is 7.71. The van der Waals surface area contributed by atoms with E-state index in [0.29, 0.717) is 22.3 Å². The second kappa shape index (κ2) is 6.57. The van der Waals surface area contributed by atoms with Gasteiger partial charge >= 0.3 is 0 Å². The number of nitrogens with one attached hydrogen (secondary N) is 3. The van der Waals surface area contributed by atoms with Crippen molar-refractivity contribution in [1.82, 2.24) is 15.3 Å². The molecule has 3 N–H and O–H groups in total. The Kier molecular flexibility index (Phi) is 4.24. The van der Waals surface area contributed by atoms with Crippen LogP contribution in [0.25, 0.3) is 11.0 Å². The third-order valence-electron chi connectivity index (χ3n) is 4.85. The van der Waals surface area contributed by atoms with Gasteiger partial charge < -0.3 is 20.2 Å². The molecule has 0 bridgehead atoms. The van der Waals surface area contributed by atoms with E-state index in [0.717, 1.165) is 13.0 Å². The average Bonchev–Trinajstić information content (AvgIpc) is 3.21. The first-order valence-electron chi connectivity index (χ1n) is 8.57. The first kappa shape index (κ1) is 16.8. The van der Waals surface area contributed by atoms with Crippen LogP contribution < -0.4 is 10.2 Å². The summed E-state index contributed by atoms with van der Waals surface area (Å²) in [7, 11) is 0. The summed E-state index contributed by atoms with van der Waals surface area (Å²) in [5.74, 6) is -0.798. The molecule has 0 unspecified atom stereocenters. The summed E-state index contributed by atoms with van der Waals surface area (Å²) >= 11 is 5.05. The van der Waals surface area contributed by atoms with E-state index in [-0.39, 0.29) is 17.5 Å². The van der Waals surface area contributed by atoms with Crippen LogP contribution in [-0.2, 0) is 6.42 Å². The molecule has 2 aromatic carbocycles. The number of rotatable bonds is 4. The zero-order valence-corrected chi connectivity index (χ0v) is 15.1. The molecule has 0 spiro atoms. The monoisotopic (exact) mass is 370 g/mol. The van der Waals surface area contributed by atoms with Crippen molar-refractivity contribution in [3.8, 4) is 0 Å². The zero-order chi connectivity index (χ0) is 18.3. The van der Waals surface area contributed by atoms with Crippen molar-refractivity contribution in [1.29, 1.82) is 0 Å². The van der Waals surface area contributed by atoms with Gasteiger partial charge in [0.2, 0.25) is 0 Å².